The normalized spacial score (nSPS) is 17.0. The van der Waals surface area contributed by atoms with E-state index < -0.39 is 9.84 Å². The molecule has 2 N–H and O–H groups in total. The molecule has 0 aliphatic carbocycles. The van der Waals surface area contributed by atoms with Crippen molar-refractivity contribution in [2.75, 3.05) is 31.3 Å². The summed E-state index contributed by atoms with van der Waals surface area (Å²) < 4.78 is 35.0. The van der Waals surface area contributed by atoms with Crippen LogP contribution in [0.5, 0.6) is 5.75 Å². The third-order valence-electron chi connectivity index (χ3n) is 3.43. The van der Waals surface area contributed by atoms with Gasteiger partial charge in [0.2, 0.25) is 0 Å². The Hall–Kier alpha value is -1.27. The van der Waals surface area contributed by atoms with E-state index in [4.69, 9.17) is 15.2 Å². The third-order valence-corrected chi connectivity index (χ3v) is 5.77. The average molecular weight is 299 g/mol. The van der Waals surface area contributed by atoms with Gasteiger partial charge in [0, 0.05) is 13.2 Å². The second-order valence-corrected chi connectivity index (χ2v) is 7.32. The second kappa shape index (κ2) is 6.95. The first-order chi connectivity index (χ1) is 9.59. The lowest BCUT2D eigenvalue weighted by molar-refractivity contribution is 0.0983. The lowest BCUT2D eigenvalue weighted by Gasteiger charge is -2.22. The highest BCUT2D eigenvalue weighted by atomic mass is 32.2. The largest absolute Gasteiger partial charge is 0.491 e. The summed E-state index contributed by atoms with van der Waals surface area (Å²) >= 11 is 0. The van der Waals surface area contributed by atoms with Crippen molar-refractivity contribution in [2.45, 2.75) is 24.5 Å². The molecule has 0 aromatic heterocycles. The van der Waals surface area contributed by atoms with Crippen molar-refractivity contribution >= 4 is 15.5 Å². The average Bonchev–Trinajstić information content (AvgIpc) is 2.46. The molecule has 0 amide bonds. The molecule has 6 heteroatoms. The smallest absolute Gasteiger partial charge is 0.153 e. The number of sulfone groups is 1. The summed E-state index contributed by atoms with van der Waals surface area (Å²) in [4.78, 5) is 0. The van der Waals surface area contributed by atoms with Crippen molar-refractivity contribution < 1.29 is 17.9 Å². The lowest BCUT2D eigenvalue weighted by atomic mass is 10.2. The maximum absolute atomic E-state index is 12.1. The zero-order chi connectivity index (χ0) is 14.4. The van der Waals surface area contributed by atoms with E-state index in [0.717, 1.165) is 0 Å². The third kappa shape index (κ3) is 4.11. The molecule has 0 saturated carbocycles. The van der Waals surface area contributed by atoms with Crippen LogP contribution in [0.15, 0.2) is 24.3 Å². The molecule has 0 bridgehead atoms. The monoisotopic (exact) mass is 299 g/mol. The Balaban J connectivity index is 1.76. The molecular weight excluding hydrogens is 278 g/mol. The van der Waals surface area contributed by atoms with E-state index in [9.17, 15) is 8.42 Å². The number of para-hydroxylation sites is 2. The number of rotatable bonds is 6. The first kappa shape index (κ1) is 15.1. The Morgan fingerprint density at radius 3 is 2.65 bits per heavy atom. The van der Waals surface area contributed by atoms with Gasteiger partial charge in [0.15, 0.2) is 9.84 Å². The van der Waals surface area contributed by atoms with Gasteiger partial charge in [0.05, 0.1) is 23.3 Å². The van der Waals surface area contributed by atoms with Crippen molar-refractivity contribution in [3.8, 4) is 5.75 Å². The van der Waals surface area contributed by atoms with Crippen LogP contribution in [0, 0.1) is 0 Å². The minimum Gasteiger partial charge on any atom is -0.491 e. The van der Waals surface area contributed by atoms with E-state index in [1.807, 2.05) is 12.1 Å². The number of ether oxygens (including phenoxy) is 2. The van der Waals surface area contributed by atoms with Crippen LogP contribution in [-0.2, 0) is 14.6 Å². The highest BCUT2D eigenvalue weighted by Gasteiger charge is 2.27. The number of hydrogen-bond acceptors (Lipinski definition) is 5. The predicted octanol–water partition coefficient (Wildman–Crippen LogP) is 1.63. The SMILES string of the molecule is Nc1ccccc1OCCCS(=O)(=O)C1CCOCC1. The lowest BCUT2D eigenvalue weighted by Crippen LogP contribution is -2.31. The van der Waals surface area contributed by atoms with Crippen LogP contribution < -0.4 is 10.5 Å². The van der Waals surface area contributed by atoms with Gasteiger partial charge >= 0.3 is 0 Å². The molecule has 2 rings (SSSR count). The molecule has 1 aliphatic rings. The molecule has 1 aliphatic heterocycles. The summed E-state index contributed by atoms with van der Waals surface area (Å²) in [6.07, 6.45) is 1.69. The maximum Gasteiger partial charge on any atom is 0.153 e. The van der Waals surface area contributed by atoms with Crippen LogP contribution in [0.3, 0.4) is 0 Å². The fourth-order valence-corrected chi connectivity index (χ4v) is 4.02. The Morgan fingerprint density at radius 2 is 1.95 bits per heavy atom. The predicted molar refractivity (Wildman–Crippen MR) is 78.6 cm³/mol. The fraction of sp³-hybridized carbons (Fsp3) is 0.571. The van der Waals surface area contributed by atoms with Crippen LogP contribution >= 0.6 is 0 Å². The van der Waals surface area contributed by atoms with Crippen LogP contribution in [0.1, 0.15) is 19.3 Å². The Bertz CT molecular complexity index is 524. The first-order valence-electron chi connectivity index (χ1n) is 6.86. The van der Waals surface area contributed by atoms with E-state index in [-0.39, 0.29) is 11.0 Å². The van der Waals surface area contributed by atoms with Gasteiger partial charge in [-0.25, -0.2) is 8.42 Å². The van der Waals surface area contributed by atoms with Gasteiger partial charge in [-0.05, 0) is 31.4 Å². The summed E-state index contributed by atoms with van der Waals surface area (Å²) in [6.45, 7) is 1.44. The van der Waals surface area contributed by atoms with Crippen LogP contribution in [0.25, 0.3) is 0 Å². The fourth-order valence-electron chi connectivity index (χ4n) is 2.26. The molecule has 0 spiro atoms. The van der Waals surface area contributed by atoms with E-state index in [0.29, 0.717) is 50.5 Å². The molecule has 1 saturated heterocycles. The Labute approximate surface area is 120 Å². The van der Waals surface area contributed by atoms with Gasteiger partial charge in [-0.1, -0.05) is 12.1 Å². The van der Waals surface area contributed by atoms with E-state index in [2.05, 4.69) is 0 Å². The molecule has 1 aromatic rings. The topological polar surface area (TPSA) is 78.6 Å². The Morgan fingerprint density at radius 1 is 1.25 bits per heavy atom. The summed E-state index contributed by atoms with van der Waals surface area (Å²) in [5.74, 6) is 0.765. The summed E-state index contributed by atoms with van der Waals surface area (Å²) in [6, 6.07) is 7.21. The van der Waals surface area contributed by atoms with Gasteiger partial charge in [-0.2, -0.15) is 0 Å². The van der Waals surface area contributed by atoms with Crippen molar-refractivity contribution in [3.63, 3.8) is 0 Å². The van der Waals surface area contributed by atoms with Crippen LogP contribution in [-0.4, -0.2) is 39.2 Å². The van der Waals surface area contributed by atoms with Gasteiger partial charge in [0.25, 0.3) is 0 Å². The molecule has 1 heterocycles. The zero-order valence-electron chi connectivity index (χ0n) is 11.5. The molecule has 20 heavy (non-hydrogen) atoms. The summed E-state index contributed by atoms with van der Waals surface area (Å²) in [7, 11) is -3.04. The van der Waals surface area contributed by atoms with Gasteiger partial charge in [0.1, 0.15) is 5.75 Å². The van der Waals surface area contributed by atoms with Crippen molar-refractivity contribution in [2.24, 2.45) is 0 Å². The van der Waals surface area contributed by atoms with Gasteiger partial charge < -0.3 is 15.2 Å². The number of anilines is 1. The summed E-state index contributed by atoms with van der Waals surface area (Å²) in [5.41, 5.74) is 6.32. The number of hydrogen-bond donors (Lipinski definition) is 1. The molecule has 0 atom stereocenters. The van der Waals surface area contributed by atoms with Crippen LogP contribution in [0.4, 0.5) is 5.69 Å². The summed E-state index contributed by atoms with van der Waals surface area (Å²) in [5, 5.41) is -0.252. The maximum atomic E-state index is 12.1. The molecule has 1 aromatic carbocycles. The number of benzene rings is 1. The molecule has 5 nitrogen and oxygen atoms in total. The second-order valence-electron chi connectivity index (χ2n) is 4.92. The minimum absolute atomic E-state index is 0.157. The van der Waals surface area contributed by atoms with Gasteiger partial charge in [-0.3, -0.25) is 0 Å². The quantitative estimate of drug-likeness (QED) is 0.638. The van der Waals surface area contributed by atoms with E-state index >= 15 is 0 Å². The minimum atomic E-state index is -3.04. The van der Waals surface area contributed by atoms with E-state index in [1.165, 1.54) is 0 Å². The molecular formula is C14H21NO4S. The number of nitrogens with two attached hydrogens (primary N) is 1. The molecule has 0 unspecified atom stereocenters. The molecule has 1 fully saturated rings. The molecule has 0 radical (unpaired) electrons. The standard InChI is InChI=1S/C14H21NO4S/c15-13-4-1-2-5-14(13)19-8-3-11-20(16,17)12-6-9-18-10-7-12/h1-2,4-5,12H,3,6-11,15H2. The van der Waals surface area contributed by atoms with E-state index in [1.54, 1.807) is 12.1 Å². The van der Waals surface area contributed by atoms with Crippen molar-refractivity contribution in [1.82, 2.24) is 0 Å². The molecule has 112 valence electrons. The first-order valence-corrected chi connectivity index (χ1v) is 8.58. The Kier molecular flexibility index (Phi) is 5.25. The highest BCUT2D eigenvalue weighted by Crippen LogP contribution is 2.20. The number of nitrogen functional groups attached to an aromatic ring is 1. The van der Waals surface area contributed by atoms with Crippen LogP contribution in [0.2, 0.25) is 0 Å². The van der Waals surface area contributed by atoms with Crippen molar-refractivity contribution in [3.05, 3.63) is 24.3 Å². The zero-order valence-corrected chi connectivity index (χ0v) is 12.3. The van der Waals surface area contributed by atoms with Crippen molar-refractivity contribution in [1.29, 1.82) is 0 Å². The van der Waals surface area contributed by atoms with Gasteiger partial charge in [-0.15, -0.1) is 0 Å². The highest BCUT2D eigenvalue weighted by molar-refractivity contribution is 7.92.